The summed E-state index contributed by atoms with van der Waals surface area (Å²) in [5, 5.41) is 2.62. The van der Waals surface area contributed by atoms with E-state index in [0.717, 1.165) is 11.3 Å². The van der Waals surface area contributed by atoms with Gasteiger partial charge in [0.25, 0.3) is 10.0 Å². The van der Waals surface area contributed by atoms with Crippen LogP contribution in [0.4, 0.5) is 0 Å². The summed E-state index contributed by atoms with van der Waals surface area (Å²) < 4.78 is 58.9. The second-order valence-corrected chi connectivity index (χ2v) is 13.1. The fourth-order valence-electron chi connectivity index (χ4n) is 3.35. The van der Waals surface area contributed by atoms with Gasteiger partial charge < -0.3 is 10.1 Å². The Morgan fingerprint density at radius 3 is 2.48 bits per heavy atom. The molecule has 2 rings (SSSR count). The molecule has 1 unspecified atom stereocenters. The number of sulfonamides is 1. The minimum absolute atomic E-state index is 0.0815. The first-order chi connectivity index (χ1) is 13.3. The van der Waals surface area contributed by atoms with Crippen LogP contribution in [0.15, 0.2) is 14.5 Å². The number of hydrogen-bond donors (Lipinski definition) is 2. The molecule has 29 heavy (non-hydrogen) atoms. The molecule has 8 nitrogen and oxygen atoms in total. The van der Waals surface area contributed by atoms with E-state index in [-0.39, 0.29) is 20.6 Å². The normalized spacial score (nSPS) is 23.6. The molecule has 0 amide bonds. The van der Waals surface area contributed by atoms with Crippen LogP contribution in [0.1, 0.15) is 59.6 Å². The summed E-state index contributed by atoms with van der Waals surface area (Å²) in [5.74, 6) is -0.393. The van der Waals surface area contributed by atoms with Gasteiger partial charge >= 0.3 is 0 Å². The number of ether oxygens (including phenoxy) is 1. The third kappa shape index (κ3) is 5.26. The van der Waals surface area contributed by atoms with Gasteiger partial charge in [-0.2, -0.15) is 0 Å². The van der Waals surface area contributed by atoms with Gasteiger partial charge in [-0.15, -0.1) is 11.3 Å². The molecule has 2 N–H and O–H groups in total. The predicted octanol–water partition coefficient (Wildman–Crippen LogP) is 2.01. The van der Waals surface area contributed by atoms with Crippen molar-refractivity contribution in [3.63, 3.8) is 0 Å². The Kier molecular flexibility index (Phi) is 7.67. The predicted molar refractivity (Wildman–Crippen MR) is 112 cm³/mol. The molecule has 11 heteroatoms. The van der Waals surface area contributed by atoms with Gasteiger partial charge in [0, 0.05) is 11.6 Å². The maximum atomic E-state index is 12.9. The molecule has 0 radical (unpaired) electrons. The van der Waals surface area contributed by atoms with Crippen LogP contribution < -0.4 is 10.0 Å². The first-order valence-electron chi connectivity index (χ1n) is 9.63. The Morgan fingerprint density at radius 1 is 1.31 bits per heavy atom. The maximum absolute atomic E-state index is 12.9. The molecule has 0 saturated carbocycles. The number of hydrogen-bond acceptors (Lipinski definition) is 8. The highest BCUT2D eigenvalue weighted by Gasteiger charge is 2.40. The van der Waals surface area contributed by atoms with Gasteiger partial charge in [-0.3, -0.25) is 4.79 Å². The smallest absolute Gasteiger partial charge is 0.250 e. The average molecular weight is 467 g/mol. The van der Waals surface area contributed by atoms with E-state index in [9.17, 15) is 21.6 Å². The number of ketones is 1. The van der Waals surface area contributed by atoms with Crippen molar-refractivity contribution in [3.05, 3.63) is 11.6 Å². The Balaban J connectivity index is 2.33. The molecule has 1 aromatic rings. The number of thiophene rings is 1. The fourth-order valence-corrected chi connectivity index (χ4v) is 8.57. The molecule has 0 fully saturated rings. The number of Topliss-reactive ketones (excluding diaryl/α,β-unsaturated/α-hetero) is 1. The molecule has 0 spiro atoms. The minimum Gasteiger partial charge on any atom is -0.368 e. The largest absolute Gasteiger partial charge is 0.368 e. The van der Waals surface area contributed by atoms with Crippen molar-refractivity contribution in [1.82, 2.24) is 10.0 Å². The lowest BCUT2D eigenvalue weighted by Crippen LogP contribution is -2.43. The van der Waals surface area contributed by atoms with E-state index in [1.54, 1.807) is 27.7 Å². The van der Waals surface area contributed by atoms with Crippen LogP contribution in [0, 0.1) is 0 Å². The fraction of sp³-hybridized carbons (Fsp3) is 0.722. The van der Waals surface area contributed by atoms with E-state index in [1.807, 2.05) is 6.92 Å². The van der Waals surface area contributed by atoms with E-state index in [2.05, 4.69) is 10.0 Å². The van der Waals surface area contributed by atoms with Gasteiger partial charge in [-0.05, 0) is 53.7 Å². The number of fused-ring (bicyclic) bond motifs is 1. The monoisotopic (exact) mass is 466 g/mol. The second kappa shape index (κ2) is 9.11. The zero-order valence-corrected chi connectivity index (χ0v) is 20.0. The molecule has 166 valence electrons. The van der Waals surface area contributed by atoms with E-state index in [4.69, 9.17) is 4.74 Å². The van der Waals surface area contributed by atoms with Gasteiger partial charge in [0.2, 0.25) is 0 Å². The molecule has 1 aliphatic rings. The number of nitrogens with one attached hydrogen (secondary N) is 2. The highest BCUT2D eigenvalue weighted by atomic mass is 32.3. The molecule has 0 aromatic carbocycles. The van der Waals surface area contributed by atoms with Crippen LogP contribution in [-0.2, 0) is 29.4 Å². The van der Waals surface area contributed by atoms with Gasteiger partial charge in [-0.1, -0.05) is 6.92 Å². The van der Waals surface area contributed by atoms with Gasteiger partial charge in [-0.25, -0.2) is 21.6 Å². The van der Waals surface area contributed by atoms with Crippen molar-refractivity contribution in [2.45, 2.75) is 85.9 Å². The Morgan fingerprint density at radius 2 is 1.93 bits per heavy atom. The summed E-state index contributed by atoms with van der Waals surface area (Å²) in [7, 11) is -7.65. The van der Waals surface area contributed by atoms with E-state index in [1.165, 1.54) is 13.0 Å². The van der Waals surface area contributed by atoms with Gasteiger partial charge in [0.1, 0.15) is 14.5 Å². The summed E-state index contributed by atoms with van der Waals surface area (Å²) in [6, 6.07) is 0.171. The SMILES string of the molecule is CCN[C@H]1C[C@H](C)S(=O)(=O)c2sc(S(=O)(=O)NC(C)C(=O)[C@H](C)OC(C)C)cc21. The molecule has 1 aliphatic heterocycles. The van der Waals surface area contributed by atoms with Crippen molar-refractivity contribution in [1.29, 1.82) is 0 Å². The van der Waals surface area contributed by atoms with E-state index >= 15 is 0 Å². The Bertz CT molecular complexity index is 952. The third-order valence-electron chi connectivity index (χ3n) is 4.78. The number of rotatable bonds is 9. The lowest BCUT2D eigenvalue weighted by atomic mass is 10.1. The van der Waals surface area contributed by atoms with Crippen molar-refractivity contribution >= 4 is 37.0 Å². The quantitative estimate of drug-likeness (QED) is 0.571. The molecule has 1 aromatic heterocycles. The maximum Gasteiger partial charge on any atom is 0.250 e. The molecule has 4 atom stereocenters. The summed E-state index contributed by atoms with van der Waals surface area (Å²) >= 11 is 0.734. The van der Waals surface area contributed by atoms with Gasteiger partial charge in [0.15, 0.2) is 15.6 Å². The summed E-state index contributed by atoms with van der Waals surface area (Å²) in [6.07, 6.45) is -0.549. The van der Waals surface area contributed by atoms with Crippen molar-refractivity contribution in [3.8, 4) is 0 Å². The Hall–Kier alpha value is -0.850. The summed E-state index contributed by atoms with van der Waals surface area (Å²) in [6.45, 7) is 10.8. The highest BCUT2D eigenvalue weighted by Crippen LogP contribution is 2.42. The topological polar surface area (TPSA) is 119 Å². The first-order valence-corrected chi connectivity index (χ1v) is 13.5. The molecule has 0 aliphatic carbocycles. The number of carbonyl (C=O) groups excluding carboxylic acids is 1. The van der Waals surface area contributed by atoms with Crippen LogP contribution in [0.3, 0.4) is 0 Å². The van der Waals surface area contributed by atoms with Crippen LogP contribution in [0.2, 0.25) is 0 Å². The minimum atomic E-state index is -4.07. The van der Waals surface area contributed by atoms with E-state index in [0.29, 0.717) is 18.5 Å². The molecule has 2 heterocycles. The van der Waals surface area contributed by atoms with Crippen LogP contribution in [0.5, 0.6) is 0 Å². The second-order valence-electron chi connectivity index (χ2n) is 7.58. The van der Waals surface area contributed by atoms with Crippen LogP contribution >= 0.6 is 11.3 Å². The zero-order chi connectivity index (χ0) is 22.1. The van der Waals surface area contributed by atoms with Crippen molar-refractivity contribution in [2.24, 2.45) is 0 Å². The average Bonchev–Trinajstić information content (AvgIpc) is 3.06. The van der Waals surface area contributed by atoms with Crippen LogP contribution in [-0.4, -0.2) is 52.7 Å². The lowest BCUT2D eigenvalue weighted by molar-refractivity contribution is -0.133. The van der Waals surface area contributed by atoms with Crippen molar-refractivity contribution in [2.75, 3.05) is 6.54 Å². The highest BCUT2D eigenvalue weighted by molar-refractivity contribution is 7.95. The first kappa shape index (κ1) is 24.4. The third-order valence-corrected chi connectivity index (χ3v) is 10.7. The summed E-state index contributed by atoms with van der Waals surface area (Å²) in [5.41, 5.74) is 0.478. The summed E-state index contributed by atoms with van der Waals surface area (Å²) in [4.78, 5) is 12.4. The Labute approximate surface area is 177 Å². The standard InChI is InChI=1S/C18H30N2O6S3/c1-7-19-15-8-11(4)28(22,23)18-14(15)9-16(27-18)29(24,25)20-12(5)17(21)13(6)26-10(2)3/h9-13,15,19-20H,7-8H2,1-6H3/t11-,12?,13-,15-/m0/s1. The van der Waals surface area contributed by atoms with Gasteiger partial charge in [0.05, 0.1) is 17.4 Å². The van der Waals surface area contributed by atoms with Crippen LogP contribution in [0.25, 0.3) is 0 Å². The molecular formula is C18H30N2O6S3. The number of sulfone groups is 1. The molecular weight excluding hydrogens is 436 g/mol. The van der Waals surface area contributed by atoms with Crippen molar-refractivity contribution < 1.29 is 26.4 Å². The molecule has 0 bridgehead atoms. The zero-order valence-electron chi connectivity index (χ0n) is 17.6. The number of carbonyl (C=O) groups is 1. The van der Waals surface area contributed by atoms with E-state index < -0.39 is 43.0 Å². The lowest BCUT2D eigenvalue weighted by Gasteiger charge is -2.27. The molecule has 0 saturated heterocycles.